The number of nitro benzene ring substituents is 1. The van der Waals surface area contributed by atoms with Crippen LogP contribution in [0.2, 0.25) is 0 Å². The number of aliphatic carboxylic acids is 1. The summed E-state index contributed by atoms with van der Waals surface area (Å²) in [5.41, 5.74) is 7.33. The van der Waals surface area contributed by atoms with Gasteiger partial charge in [-0.3, -0.25) is 14.9 Å². The summed E-state index contributed by atoms with van der Waals surface area (Å²) in [7, 11) is 0. The van der Waals surface area contributed by atoms with Gasteiger partial charge in [0, 0.05) is 18.1 Å². The zero-order chi connectivity index (χ0) is 13.2. The molecule has 0 aliphatic heterocycles. The molecule has 0 radical (unpaired) electrons. The van der Waals surface area contributed by atoms with Gasteiger partial charge in [-0.25, -0.2) is 0 Å². The van der Waals surface area contributed by atoms with Crippen molar-refractivity contribution in [2.45, 2.75) is 26.3 Å². The second-order valence-electron chi connectivity index (χ2n) is 3.91. The number of carbonyl (C=O) groups is 1. The van der Waals surface area contributed by atoms with Crippen molar-refractivity contribution in [2.75, 3.05) is 0 Å². The van der Waals surface area contributed by atoms with Gasteiger partial charge in [0.1, 0.15) is 6.04 Å². The maximum Gasteiger partial charge on any atom is 0.320 e. The van der Waals surface area contributed by atoms with Gasteiger partial charge in [0.05, 0.1) is 4.92 Å². The molecule has 92 valence electrons. The van der Waals surface area contributed by atoms with E-state index >= 15 is 0 Å². The fourth-order valence-electron chi connectivity index (χ4n) is 1.60. The van der Waals surface area contributed by atoms with E-state index in [1.165, 1.54) is 6.07 Å². The fraction of sp³-hybridized carbons (Fsp3) is 0.364. The van der Waals surface area contributed by atoms with Crippen LogP contribution in [0.15, 0.2) is 12.1 Å². The minimum atomic E-state index is -1.17. The monoisotopic (exact) mass is 238 g/mol. The number of nitro groups is 1. The number of nitrogens with zero attached hydrogens (tertiary/aromatic N) is 1. The molecule has 0 amide bonds. The molecule has 0 aliphatic rings. The summed E-state index contributed by atoms with van der Waals surface area (Å²) in [6.07, 6.45) is -0.0425. The highest BCUT2D eigenvalue weighted by Gasteiger charge is 2.22. The van der Waals surface area contributed by atoms with Crippen LogP contribution in [0.5, 0.6) is 0 Å². The lowest BCUT2D eigenvalue weighted by molar-refractivity contribution is -0.385. The summed E-state index contributed by atoms with van der Waals surface area (Å²) in [6.45, 7) is 3.54. The Morgan fingerprint density at radius 1 is 1.53 bits per heavy atom. The highest BCUT2D eigenvalue weighted by Crippen LogP contribution is 2.25. The molecule has 6 heteroatoms. The van der Waals surface area contributed by atoms with Crippen LogP contribution in [0.3, 0.4) is 0 Å². The van der Waals surface area contributed by atoms with Crippen LogP contribution in [0.4, 0.5) is 5.69 Å². The van der Waals surface area contributed by atoms with Crippen LogP contribution in [0.1, 0.15) is 16.7 Å². The predicted molar refractivity (Wildman–Crippen MR) is 61.9 cm³/mol. The second kappa shape index (κ2) is 4.92. The molecule has 17 heavy (non-hydrogen) atoms. The van der Waals surface area contributed by atoms with E-state index in [1.807, 2.05) is 6.92 Å². The van der Waals surface area contributed by atoms with Gasteiger partial charge in [-0.15, -0.1) is 0 Å². The molecule has 1 aromatic rings. The average Bonchev–Trinajstić information content (AvgIpc) is 2.24. The van der Waals surface area contributed by atoms with Crippen molar-refractivity contribution in [2.24, 2.45) is 5.73 Å². The van der Waals surface area contributed by atoms with Crippen molar-refractivity contribution in [3.63, 3.8) is 0 Å². The summed E-state index contributed by atoms with van der Waals surface area (Å²) < 4.78 is 0. The third-order valence-electron chi connectivity index (χ3n) is 2.78. The first-order chi connectivity index (χ1) is 7.84. The zero-order valence-electron chi connectivity index (χ0n) is 9.64. The van der Waals surface area contributed by atoms with Crippen LogP contribution in [-0.2, 0) is 11.2 Å². The summed E-state index contributed by atoms with van der Waals surface area (Å²) >= 11 is 0. The number of benzene rings is 1. The van der Waals surface area contributed by atoms with Crippen molar-refractivity contribution < 1.29 is 14.8 Å². The zero-order valence-corrected chi connectivity index (χ0v) is 9.64. The van der Waals surface area contributed by atoms with Gasteiger partial charge in [0.25, 0.3) is 5.69 Å². The van der Waals surface area contributed by atoms with Crippen molar-refractivity contribution in [1.29, 1.82) is 0 Å². The van der Waals surface area contributed by atoms with Crippen LogP contribution in [0, 0.1) is 24.0 Å². The summed E-state index contributed by atoms with van der Waals surface area (Å²) in [4.78, 5) is 21.0. The molecule has 0 heterocycles. The van der Waals surface area contributed by atoms with E-state index < -0.39 is 16.9 Å². The first-order valence-corrected chi connectivity index (χ1v) is 5.06. The average molecular weight is 238 g/mol. The van der Waals surface area contributed by atoms with Crippen molar-refractivity contribution in [3.05, 3.63) is 38.9 Å². The number of hydrogen-bond acceptors (Lipinski definition) is 4. The third kappa shape index (κ3) is 2.79. The number of aryl methyl sites for hydroxylation is 1. The number of carboxylic acids is 1. The van der Waals surface area contributed by atoms with Gasteiger partial charge in [0.15, 0.2) is 0 Å². The molecular formula is C11H14N2O4. The molecule has 0 unspecified atom stereocenters. The van der Waals surface area contributed by atoms with Gasteiger partial charge < -0.3 is 10.8 Å². The first kappa shape index (κ1) is 13.1. The normalized spacial score (nSPS) is 12.2. The molecule has 6 nitrogen and oxygen atoms in total. The standard InChI is InChI=1S/C11H14N2O4/c1-6-3-4-10(13(16)17)8(7(6)2)5-9(12)11(14)15/h3-4,9H,5,12H2,1-2H3,(H,14,15)/t9-/m0/s1. The van der Waals surface area contributed by atoms with Gasteiger partial charge in [-0.1, -0.05) is 6.07 Å². The van der Waals surface area contributed by atoms with Crippen molar-refractivity contribution in [1.82, 2.24) is 0 Å². The molecule has 0 aromatic heterocycles. The van der Waals surface area contributed by atoms with E-state index in [0.717, 1.165) is 11.1 Å². The molecule has 0 aliphatic carbocycles. The third-order valence-corrected chi connectivity index (χ3v) is 2.78. The van der Waals surface area contributed by atoms with E-state index in [2.05, 4.69) is 0 Å². The Bertz CT molecular complexity index is 471. The van der Waals surface area contributed by atoms with Crippen molar-refractivity contribution >= 4 is 11.7 Å². The predicted octanol–water partition coefficient (Wildman–Crippen LogP) is 1.17. The smallest absolute Gasteiger partial charge is 0.320 e. The van der Waals surface area contributed by atoms with E-state index in [9.17, 15) is 14.9 Å². The quantitative estimate of drug-likeness (QED) is 0.604. The Morgan fingerprint density at radius 2 is 2.12 bits per heavy atom. The topological polar surface area (TPSA) is 106 Å². The summed E-state index contributed by atoms with van der Waals surface area (Å²) in [6, 6.07) is 1.89. The molecule has 1 aromatic carbocycles. The van der Waals surface area contributed by atoms with Gasteiger partial charge >= 0.3 is 5.97 Å². The van der Waals surface area contributed by atoms with E-state index in [4.69, 9.17) is 10.8 Å². The molecule has 1 rings (SSSR count). The second-order valence-corrected chi connectivity index (χ2v) is 3.91. The molecule has 0 fully saturated rings. The van der Waals surface area contributed by atoms with Gasteiger partial charge in [0.2, 0.25) is 0 Å². The Morgan fingerprint density at radius 3 is 2.59 bits per heavy atom. The summed E-state index contributed by atoms with van der Waals surface area (Å²) in [5, 5.41) is 19.6. The maximum absolute atomic E-state index is 10.9. The highest BCUT2D eigenvalue weighted by molar-refractivity contribution is 5.74. The van der Waals surface area contributed by atoms with Crippen molar-refractivity contribution in [3.8, 4) is 0 Å². The molecule has 0 spiro atoms. The lowest BCUT2D eigenvalue weighted by Gasteiger charge is -2.11. The highest BCUT2D eigenvalue weighted by atomic mass is 16.6. The largest absolute Gasteiger partial charge is 0.480 e. The molecular weight excluding hydrogens is 224 g/mol. The van der Waals surface area contributed by atoms with E-state index in [-0.39, 0.29) is 12.1 Å². The Hall–Kier alpha value is -1.95. The minimum absolute atomic E-state index is 0.0425. The number of nitrogens with two attached hydrogens (primary N) is 1. The SMILES string of the molecule is Cc1ccc([N+](=O)[O-])c(C[C@H](N)C(=O)O)c1C. The molecule has 1 atom stereocenters. The summed E-state index contributed by atoms with van der Waals surface area (Å²) in [5.74, 6) is -1.17. The number of hydrogen-bond donors (Lipinski definition) is 2. The number of rotatable bonds is 4. The van der Waals surface area contributed by atoms with Crippen LogP contribution < -0.4 is 5.73 Å². The first-order valence-electron chi connectivity index (χ1n) is 5.06. The fourth-order valence-corrected chi connectivity index (χ4v) is 1.60. The lowest BCUT2D eigenvalue weighted by atomic mass is 9.96. The minimum Gasteiger partial charge on any atom is -0.480 e. The van der Waals surface area contributed by atoms with Crippen LogP contribution in [-0.4, -0.2) is 22.0 Å². The lowest BCUT2D eigenvalue weighted by Crippen LogP contribution is -2.32. The number of carboxylic acid groups (broad SMARTS) is 1. The molecule has 3 N–H and O–H groups in total. The van der Waals surface area contributed by atoms with E-state index in [1.54, 1.807) is 13.0 Å². The maximum atomic E-state index is 10.9. The molecule has 0 saturated carbocycles. The van der Waals surface area contributed by atoms with Gasteiger partial charge in [-0.2, -0.15) is 0 Å². The molecule has 0 saturated heterocycles. The van der Waals surface area contributed by atoms with Crippen LogP contribution >= 0.6 is 0 Å². The Balaban J connectivity index is 3.23. The van der Waals surface area contributed by atoms with E-state index in [0.29, 0.717) is 5.56 Å². The molecule has 0 bridgehead atoms. The Kier molecular flexibility index (Phi) is 3.80. The Labute approximate surface area is 98.2 Å². The van der Waals surface area contributed by atoms with Gasteiger partial charge in [-0.05, 0) is 25.0 Å². The van der Waals surface area contributed by atoms with Crippen LogP contribution in [0.25, 0.3) is 0 Å².